The molecule has 1 fully saturated rings. The van der Waals surface area contributed by atoms with Crippen molar-refractivity contribution < 1.29 is 4.79 Å². The molecule has 1 aliphatic heterocycles. The van der Waals surface area contributed by atoms with Crippen LogP contribution in [0.1, 0.15) is 42.7 Å². The first-order valence-corrected chi connectivity index (χ1v) is 7.86. The summed E-state index contributed by atoms with van der Waals surface area (Å²) in [6, 6.07) is 0.295. The average Bonchev–Trinajstić information content (AvgIpc) is 2.82. The van der Waals surface area contributed by atoms with Crippen molar-refractivity contribution in [1.29, 1.82) is 0 Å². The van der Waals surface area contributed by atoms with Gasteiger partial charge in [0.1, 0.15) is 5.69 Å². The van der Waals surface area contributed by atoms with Crippen molar-refractivity contribution in [1.82, 2.24) is 9.88 Å². The molecule has 0 aromatic carbocycles. The Morgan fingerprint density at radius 3 is 2.95 bits per heavy atom. The molecule has 0 spiro atoms. The molecule has 2 N–H and O–H groups in total. The molecule has 5 heteroatoms. The van der Waals surface area contributed by atoms with Gasteiger partial charge in [0.2, 0.25) is 0 Å². The molecule has 106 valence electrons. The van der Waals surface area contributed by atoms with Crippen LogP contribution in [0.5, 0.6) is 0 Å². The van der Waals surface area contributed by atoms with Crippen molar-refractivity contribution in [3.63, 3.8) is 0 Å². The SMILES string of the molecule is CC1CC(C)C(C)N(C(=O)c2csc(CCN)n2)C1. The number of rotatable bonds is 3. The number of nitrogens with zero attached hydrogens (tertiary/aromatic N) is 2. The number of piperidine rings is 1. The quantitative estimate of drug-likeness (QED) is 0.923. The predicted octanol–water partition coefficient (Wildman–Crippen LogP) is 2.15. The Kier molecular flexibility index (Phi) is 4.58. The van der Waals surface area contributed by atoms with Crippen LogP contribution in [0, 0.1) is 11.8 Å². The fourth-order valence-corrected chi connectivity index (χ4v) is 3.57. The Morgan fingerprint density at radius 2 is 2.26 bits per heavy atom. The first-order chi connectivity index (χ1) is 9.02. The number of thiazole rings is 1. The number of likely N-dealkylation sites (tertiary alicyclic amines) is 1. The highest BCUT2D eigenvalue weighted by molar-refractivity contribution is 7.09. The Balaban J connectivity index is 2.12. The second kappa shape index (κ2) is 6.01. The van der Waals surface area contributed by atoms with Crippen LogP contribution >= 0.6 is 11.3 Å². The number of carbonyl (C=O) groups is 1. The lowest BCUT2D eigenvalue weighted by molar-refractivity contribution is 0.0450. The Labute approximate surface area is 119 Å². The van der Waals surface area contributed by atoms with Crippen LogP contribution in [0.2, 0.25) is 0 Å². The van der Waals surface area contributed by atoms with Crippen LogP contribution in [-0.2, 0) is 6.42 Å². The first kappa shape index (κ1) is 14.5. The summed E-state index contributed by atoms with van der Waals surface area (Å²) in [5.41, 5.74) is 6.10. The lowest BCUT2D eigenvalue weighted by Gasteiger charge is -2.40. The maximum Gasteiger partial charge on any atom is 0.273 e. The highest BCUT2D eigenvalue weighted by atomic mass is 32.1. The number of nitrogens with two attached hydrogens (primary N) is 1. The summed E-state index contributed by atoms with van der Waals surface area (Å²) in [6.45, 7) is 8.00. The van der Waals surface area contributed by atoms with E-state index in [0.717, 1.165) is 18.0 Å². The molecule has 1 aromatic heterocycles. The Morgan fingerprint density at radius 1 is 1.53 bits per heavy atom. The van der Waals surface area contributed by atoms with Gasteiger partial charge in [-0.3, -0.25) is 4.79 Å². The van der Waals surface area contributed by atoms with Crippen molar-refractivity contribution >= 4 is 17.2 Å². The van der Waals surface area contributed by atoms with Gasteiger partial charge in [-0.2, -0.15) is 0 Å². The van der Waals surface area contributed by atoms with E-state index in [4.69, 9.17) is 5.73 Å². The largest absolute Gasteiger partial charge is 0.334 e. The molecule has 2 heterocycles. The molecule has 0 radical (unpaired) electrons. The molecule has 3 atom stereocenters. The third-order valence-corrected chi connectivity index (χ3v) is 4.90. The highest BCUT2D eigenvalue weighted by Crippen LogP contribution is 2.28. The van der Waals surface area contributed by atoms with Gasteiger partial charge in [-0.25, -0.2) is 4.98 Å². The van der Waals surface area contributed by atoms with Crippen LogP contribution in [0.25, 0.3) is 0 Å². The van der Waals surface area contributed by atoms with Gasteiger partial charge in [0.15, 0.2) is 0 Å². The van der Waals surface area contributed by atoms with Crippen molar-refractivity contribution in [3.05, 3.63) is 16.1 Å². The summed E-state index contributed by atoms with van der Waals surface area (Å²) >= 11 is 1.53. The van der Waals surface area contributed by atoms with Gasteiger partial charge >= 0.3 is 0 Å². The average molecular weight is 281 g/mol. The number of amides is 1. The van der Waals surface area contributed by atoms with Gasteiger partial charge in [-0.15, -0.1) is 11.3 Å². The molecule has 1 aromatic rings. The second-order valence-corrected chi connectivity index (χ2v) is 6.62. The van der Waals surface area contributed by atoms with Crippen molar-refractivity contribution in [2.24, 2.45) is 17.6 Å². The van der Waals surface area contributed by atoms with Gasteiger partial charge in [-0.1, -0.05) is 13.8 Å². The van der Waals surface area contributed by atoms with Gasteiger partial charge in [-0.05, 0) is 31.7 Å². The molecule has 0 aliphatic carbocycles. The van der Waals surface area contributed by atoms with Crippen LogP contribution < -0.4 is 5.73 Å². The zero-order valence-corrected chi connectivity index (χ0v) is 12.7. The molecule has 0 bridgehead atoms. The molecular weight excluding hydrogens is 258 g/mol. The normalized spacial score (nSPS) is 27.6. The van der Waals surface area contributed by atoms with Gasteiger partial charge in [0, 0.05) is 24.4 Å². The number of aromatic nitrogens is 1. The van der Waals surface area contributed by atoms with Gasteiger partial charge < -0.3 is 10.6 Å². The summed E-state index contributed by atoms with van der Waals surface area (Å²) in [5, 5.41) is 2.82. The highest BCUT2D eigenvalue weighted by Gasteiger charge is 2.33. The molecule has 1 aliphatic rings. The maximum atomic E-state index is 12.6. The zero-order valence-electron chi connectivity index (χ0n) is 11.9. The van der Waals surface area contributed by atoms with E-state index in [2.05, 4.69) is 25.8 Å². The van der Waals surface area contributed by atoms with E-state index < -0.39 is 0 Å². The van der Waals surface area contributed by atoms with E-state index in [9.17, 15) is 4.79 Å². The molecule has 4 nitrogen and oxygen atoms in total. The minimum absolute atomic E-state index is 0.0745. The van der Waals surface area contributed by atoms with Crippen LogP contribution in [0.4, 0.5) is 0 Å². The molecular formula is C14H23N3OS. The first-order valence-electron chi connectivity index (χ1n) is 6.98. The monoisotopic (exact) mass is 281 g/mol. The summed E-state index contributed by atoms with van der Waals surface area (Å²) < 4.78 is 0. The fraction of sp³-hybridized carbons (Fsp3) is 0.714. The van der Waals surface area contributed by atoms with E-state index in [1.165, 1.54) is 17.8 Å². The van der Waals surface area contributed by atoms with Crippen LogP contribution in [-0.4, -0.2) is 34.9 Å². The van der Waals surface area contributed by atoms with Crippen LogP contribution in [0.3, 0.4) is 0 Å². The van der Waals surface area contributed by atoms with E-state index in [1.807, 2.05) is 10.3 Å². The third-order valence-electron chi connectivity index (χ3n) is 3.99. The maximum absolute atomic E-state index is 12.6. The number of carbonyl (C=O) groups excluding carboxylic acids is 1. The smallest absolute Gasteiger partial charge is 0.273 e. The lowest BCUT2D eigenvalue weighted by Crippen LogP contribution is -2.48. The summed E-state index contributed by atoms with van der Waals surface area (Å²) in [7, 11) is 0. The Hall–Kier alpha value is -0.940. The minimum Gasteiger partial charge on any atom is -0.334 e. The lowest BCUT2D eigenvalue weighted by atomic mass is 9.86. The zero-order chi connectivity index (χ0) is 14.0. The summed E-state index contributed by atoms with van der Waals surface area (Å²) in [4.78, 5) is 19.0. The molecule has 19 heavy (non-hydrogen) atoms. The van der Waals surface area contributed by atoms with E-state index in [0.29, 0.717) is 30.1 Å². The van der Waals surface area contributed by atoms with E-state index >= 15 is 0 Å². The molecule has 2 rings (SSSR count). The molecule has 1 amide bonds. The molecule has 0 saturated carbocycles. The fourth-order valence-electron chi connectivity index (χ4n) is 2.78. The molecule has 1 saturated heterocycles. The Bertz CT molecular complexity index is 446. The van der Waals surface area contributed by atoms with Crippen LogP contribution in [0.15, 0.2) is 5.38 Å². The van der Waals surface area contributed by atoms with Gasteiger partial charge in [0.05, 0.1) is 5.01 Å². The minimum atomic E-state index is 0.0745. The number of hydrogen-bond acceptors (Lipinski definition) is 4. The van der Waals surface area contributed by atoms with Crippen molar-refractivity contribution in [3.8, 4) is 0 Å². The summed E-state index contributed by atoms with van der Waals surface area (Å²) in [6.07, 6.45) is 1.95. The van der Waals surface area contributed by atoms with Crippen molar-refractivity contribution in [2.75, 3.05) is 13.1 Å². The summed E-state index contributed by atoms with van der Waals surface area (Å²) in [5.74, 6) is 1.19. The predicted molar refractivity (Wildman–Crippen MR) is 78.3 cm³/mol. The van der Waals surface area contributed by atoms with E-state index in [-0.39, 0.29) is 5.91 Å². The molecule has 3 unspecified atom stereocenters. The third kappa shape index (κ3) is 3.15. The van der Waals surface area contributed by atoms with Gasteiger partial charge in [0.25, 0.3) is 5.91 Å². The number of hydrogen-bond donors (Lipinski definition) is 1. The standard InChI is InChI=1S/C14H23N3OS/c1-9-6-10(2)11(3)17(7-9)14(18)12-8-19-13(16-12)4-5-15/h8-11H,4-7,15H2,1-3H3. The van der Waals surface area contributed by atoms with E-state index in [1.54, 1.807) is 0 Å². The second-order valence-electron chi connectivity index (χ2n) is 5.68. The topological polar surface area (TPSA) is 59.2 Å². The van der Waals surface area contributed by atoms with Crippen molar-refractivity contribution in [2.45, 2.75) is 39.7 Å².